The molecule has 17 heavy (non-hydrogen) atoms. The van der Waals surface area contributed by atoms with E-state index >= 15 is 0 Å². The highest BCUT2D eigenvalue weighted by molar-refractivity contribution is 5.43. The van der Waals surface area contributed by atoms with E-state index < -0.39 is 0 Å². The van der Waals surface area contributed by atoms with Crippen LogP contribution in [0.1, 0.15) is 17.3 Å². The normalized spacial score (nSPS) is 12.1. The molecular formula is C14H17N3. The zero-order chi connectivity index (χ0) is 12.1. The summed E-state index contributed by atoms with van der Waals surface area (Å²) < 4.78 is 0. The highest BCUT2D eigenvalue weighted by atomic mass is 14.9. The fraction of sp³-hybridized carbons (Fsp3) is 0.214. The van der Waals surface area contributed by atoms with Gasteiger partial charge in [0.05, 0.1) is 0 Å². The minimum absolute atomic E-state index is 0.00433. The Labute approximate surface area is 102 Å². The number of nitrogens with one attached hydrogen (secondary N) is 1. The second kappa shape index (κ2) is 5.46. The van der Waals surface area contributed by atoms with E-state index in [-0.39, 0.29) is 6.04 Å². The van der Waals surface area contributed by atoms with Gasteiger partial charge in [-0.15, -0.1) is 0 Å². The second-order valence-corrected chi connectivity index (χ2v) is 4.08. The van der Waals surface area contributed by atoms with Gasteiger partial charge in [-0.3, -0.25) is 4.98 Å². The Morgan fingerprint density at radius 1 is 1.24 bits per heavy atom. The van der Waals surface area contributed by atoms with E-state index in [1.165, 1.54) is 0 Å². The van der Waals surface area contributed by atoms with Gasteiger partial charge in [0.1, 0.15) is 0 Å². The average molecular weight is 227 g/mol. The number of aryl methyl sites for hydroxylation is 1. The molecule has 0 bridgehead atoms. The summed E-state index contributed by atoms with van der Waals surface area (Å²) in [6, 6.07) is 14.1. The molecule has 1 unspecified atom stereocenters. The fourth-order valence-electron chi connectivity index (χ4n) is 1.70. The molecule has 1 aromatic carbocycles. The van der Waals surface area contributed by atoms with Crippen LogP contribution in [-0.4, -0.2) is 11.5 Å². The molecule has 0 saturated carbocycles. The maximum Gasteiger partial charge on any atom is 0.0470 e. The number of nitrogens with two attached hydrogens (primary N) is 1. The zero-order valence-electron chi connectivity index (χ0n) is 9.93. The van der Waals surface area contributed by atoms with Gasteiger partial charge in [0, 0.05) is 30.2 Å². The van der Waals surface area contributed by atoms with Crippen LogP contribution in [0.2, 0.25) is 0 Å². The first-order valence-electron chi connectivity index (χ1n) is 5.73. The number of pyridine rings is 1. The Bertz CT molecular complexity index is 468. The molecule has 1 atom stereocenters. The zero-order valence-corrected chi connectivity index (χ0v) is 9.93. The van der Waals surface area contributed by atoms with Crippen molar-refractivity contribution in [3.05, 3.63) is 59.9 Å². The van der Waals surface area contributed by atoms with Crippen molar-refractivity contribution >= 4 is 5.69 Å². The van der Waals surface area contributed by atoms with Gasteiger partial charge in [-0.2, -0.15) is 0 Å². The number of aromatic nitrogens is 1. The Kier molecular flexibility index (Phi) is 3.73. The molecule has 3 N–H and O–H groups in total. The average Bonchev–Trinajstić information content (AvgIpc) is 2.37. The molecule has 0 amide bonds. The van der Waals surface area contributed by atoms with Gasteiger partial charge in [-0.05, 0) is 24.6 Å². The molecule has 0 spiro atoms. The minimum Gasteiger partial charge on any atom is -0.383 e. The summed E-state index contributed by atoms with van der Waals surface area (Å²) in [6.07, 6.45) is 1.80. The van der Waals surface area contributed by atoms with Gasteiger partial charge in [-0.25, -0.2) is 0 Å². The first kappa shape index (κ1) is 11.6. The van der Waals surface area contributed by atoms with Crippen molar-refractivity contribution < 1.29 is 0 Å². The van der Waals surface area contributed by atoms with Gasteiger partial charge in [0.2, 0.25) is 0 Å². The first-order valence-corrected chi connectivity index (χ1v) is 5.73. The molecule has 1 heterocycles. The lowest BCUT2D eigenvalue weighted by Gasteiger charge is -2.14. The van der Waals surface area contributed by atoms with E-state index in [4.69, 9.17) is 5.73 Å². The van der Waals surface area contributed by atoms with Crippen LogP contribution in [0.5, 0.6) is 0 Å². The number of rotatable bonds is 4. The molecule has 1 aromatic heterocycles. The van der Waals surface area contributed by atoms with Crippen molar-refractivity contribution in [1.82, 2.24) is 4.98 Å². The summed E-state index contributed by atoms with van der Waals surface area (Å²) in [6.45, 7) is 2.69. The summed E-state index contributed by atoms with van der Waals surface area (Å²) in [5, 5.41) is 3.32. The summed E-state index contributed by atoms with van der Waals surface area (Å²) in [4.78, 5) is 4.15. The third kappa shape index (κ3) is 3.29. The van der Waals surface area contributed by atoms with Crippen LogP contribution in [0, 0.1) is 6.92 Å². The lowest BCUT2D eigenvalue weighted by atomic mass is 10.1. The molecule has 0 aliphatic carbocycles. The molecule has 0 fully saturated rings. The molecular weight excluding hydrogens is 210 g/mol. The second-order valence-electron chi connectivity index (χ2n) is 4.08. The van der Waals surface area contributed by atoms with Gasteiger partial charge in [0.25, 0.3) is 0 Å². The topological polar surface area (TPSA) is 50.9 Å². The monoisotopic (exact) mass is 227 g/mol. The van der Waals surface area contributed by atoms with Gasteiger partial charge in [0.15, 0.2) is 0 Å². The highest BCUT2D eigenvalue weighted by Crippen LogP contribution is 2.12. The van der Waals surface area contributed by atoms with Crippen LogP contribution in [-0.2, 0) is 0 Å². The van der Waals surface area contributed by atoms with Crippen LogP contribution >= 0.6 is 0 Å². The van der Waals surface area contributed by atoms with Crippen molar-refractivity contribution in [1.29, 1.82) is 0 Å². The van der Waals surface area contributed by atoms with E-state index in [1.807, 2.05) is 49.4 Å². The number of anilines is 1. The van der Waals surface area contributed by atoms with Gasteiger partial charge in [-0.1, -0.05) is 30.3 Å². The molecule has 0 radical (unpaired) electrons. The number of nitrogens with zero attached hydrogens (tertiary/aromatic N) is 1. The summed E-state index contributed by atoms with van der Waals surface area (Å²) >= 11 is 0. The van der Waals surface area contributed by atoms with Gasteiger partial charge >= 0.3 is 0 Å². The Hall–Kier alpha value is -1.87. The number of hydrogen-bond acceptors (Lipinski definition) is 3. The molecule has 2 aromatic rings. The molecule has 0 aliphatic heterocycles. The van der Waals surface area contributed by atoms with Crippen molar-refractivity contribution in [2.24, 2.45) is 5.73 Å². The molecule has 3 heteroatoms. The van der Waals surface area contributed by atoms with Crippen LogP contribution in [0.25, 0.3) is 0 Å². The maximum absolute atomic E-state index is 6.10. The highest BCUT2D eigenvalue weighted by Gasteiger charge is 2.04. The van der Waals surface area contributed by atoms with Crippen molar-refractivity contribution in [2.45, 2.75) is 13.0 Å². The maximum atomic E-state index is 6.10. The van der Waals surface area contributed by atoms with Crippen molar-refractivity contribution in [3.63, 3.8) is 0 Å². The van der Waals surface area contributed by atoms with E-state index in [2.05, 4.69) is 10.3 Å². The lowest BCUT2D eigenvalue weighted by Crippen LogP contribution is -2.20. The number of benzene rings is 1. The number of hydrogen-bond donors (Lipinski definition) is 2. The third-order valence-electron chi connectivity index (χ3n) is 2.65. The summed E-state index contributed by atoms with van der Waals surface area (Å²) in [7, 11) is 0. The molecule has 88 valence electrons. The van der Waals surface area contributed by atoms with Gasteiger partial charge < -0.3 is 11.1 Å². The smallest absolute Gasteiger partial charge is 0.0470 e. The van der Waals surface area contributed by atoms with Crippen LogP contribution in [0.15, 0.2) is 48.7 Å². The summed E-state index contributed by atoms with van der Waals surface area (Å²) in [5.41, 5.74) is 9.31. The summed E-state index contributed by atoms with van der Waals surface area (Å²) in [5.74, 6) is 0. The van der Waals surface area contributed by atoms with E-state index in [0.717, 1.165) is 16.9 Å². The fourth-order valence-corrected chi connectivity index (χ4v) is 1.70. The van der Waals surface area contributed by atoms with Crippen molar-refractivity contribution in [3.8, 4) is 0 Å². The van der Waals surface area contributed by atoms with E-state index in [1.54, 1.807) is 6.20 Å². The largest absolute Gasteiger partial charge is 0.383 e. The molecule has 3 nitrogen and oxygen atoms in total. The standard InChI is InChI=1S/C14H17N3/c1-11-9-13(7-8-16-11)17-10-14(15)12-5-3-2-4-6-12/h2-9,14H,10,15H2,1H3,(H,16,17). The van der Waals surface area contributed by atoms with Crippen molar-refractivity contribution in [2.75, 3.05) is 11.9 Å². The Morgan fingerprint density at radius 2 is 2.00 bits per heavy atom. The molecule has 2 rings (SSSR count). The third-order valence-corrected chi connectivity index (χ3v) is 2.65. The molecule has 0 aliphatic rings. The van der Waals surface area contributed by atoms with Crippen LogP contribution in [0.4, 0.5) is 5.69 Å². The predicted molar refractivity (Wildman–Crippen MR) is 70.8 cm³/mol. The lowest BCUT2D eigenvalue weighted by molar-refractivity contribution is 0.764. The van der Waals surface area contributed by atoms with Crippen LogP contribution in [0.3, 0.4) is 0 Å². The van der Waals surface area contributed by atoms with E-state index in [9.17, 15) is 0 Å². The molecule has 0 saturated heterocycles. The first-order chi connectivity index (χ1) is 8.25. The van der Waals surface area contributed by atoms with Crippen LogP contribution < -0.4 is 11.1 Å². The SMILES string of the molecule is Cc1cc(NCC(N)c2ccccc2)ccn1. The van der Waals surface area contributed by atoms with E-state index in [0.29, 0.717) is 6.54 Å². The Morgan fingerprint density at radius 3 is 2.71 bits per heavy atom. The Balaban J connectivity index is 1.95. The minimum atomic E-state index is 0.00433. The quantitative estimate of drug-likeness (QED) is 0.843. The predicted octanol–water partition coefficient (Wildman–Crippen LogP) is 2.50.